The van der Waals surface area contributed by atoms with Gasteiger partial charge < -0.3 is 20.2 Å². The molecule has 1 aliphatic rings. The van der Waals surface area contributed by atoms with Gasteiger partial charge in [-0.2, -0.15) is 0 Å². The van der Waals surface area contributed by atoms with Crippen LogP contribution in [-0.4, -0.2) is 53.0 Å². The maximum absolute atomic E-state index is 12.3. The fourth-order valence-electron chi connectivity index (χ4n) is 3.92. The van der Waals surface area contributed by atoms with Crippen molar-refractivity contribution in [2.24, 2.45) is 5.73 Å². The molecule has 3 aromatic rings. The number of nitrogens with two attached hydrogens (primary N) is 1. The van der Waals surface area contributed by atoms with Gasteiger partial charge in [0.25, 0.3) is 0 Å². The average Bonchev–Trinajstić information content (AvgIpc) is 3.28. The van der Waals surface area contributed by atoms with Crippen LogP contribution in [0.15, 0.2) is 48.7 Å². The number of nitrogens with zero attached hydrogens (tertiary/aromatic N) is 3. The van der Waals surface area contributed by atoms with E-state index in [-0.39, 0.29) is 18.0 Å². The second kappa shape index (κ2) is 7.61. The topological polar surface area (TPSA) is 84.9 Å². The van der Waals surface area contributed by atoms with E-state index in [1.54, 1.807) is 14.2 Å². The van der Waals surface area contributed by atoms with E-state index in [0.29, 0.717) is 19.5 Å². The van der Waals surface area contributed by atoms with Gasteiger partial charge in [0.2, 0.25) is 5.91 Å². The van der Waals surface area contributed by atoms with Crippen LogP contribution in [0.1, 0.15) is 12.1 Å². The first kappa shape index (κ1) is 18.5. The molecule has 2 aromatic heterocycles. The lowest BCUT2D eigenvalue weighted by atomic mass is 10.1. The number of carbonyl (C=O) groups excluding carboxylic acids is 1. The van der Waals surface area contributed by atoms with Crippen LogP contribution in [0.2, 0.25) is 0 Å². The van der Waals surface area contributed by atoms with Crippen LogP contribution in [0.4, 0.5) is 0 Å². The Balaban J connectivity index is 1.75. The maximum atomic E-state index is 12.3. The van der Waals surface area contributed by atoms with Crippen molar-refractivity contribution >= 4 is 11.6 Å². The Hall–Kier alpha value is -2.90. The molecule has 1 aliphatic heterocycles. The quantitative estimate of drug-likeness (QED) is 0.704. The summed E-state index contributed by atoms with van der Waals surface area (Å²) in [5.74, 6) is 0.812. The molecule has 3 heterocycles. The van der Waals surface area contributed by atoms with Crippen molar-refractivity contribution in [3.8, 4) is 17.0 Å². The van der Waals surface area contributed by atoms with E-state index < -0.39 is 0 Å². The molecule has 0 spiro atoms. The van der Waals surface area contributed by atoms with E-state index in [4.69, 9.17) is 15.5 Å². The number of pyridine rings is 1. The third-order valence-electron chi connectivity index (χ3n) is 5.33. The Labute approximate surface area is 164 Å². The molecule has 1 aromatic carbocycles. The third kappa shape index (κ3) is 3.34. The molecule has 0 saturated carbocycles. The molecule has 146 valence electrons. The molecule has 0 unspecified atom stereocenters. The van der Waals surface area contributed by atoms with Gasteiger partial charge in [-0.25, -0.2) is 4.98 Å². The fourth-order valence-corrected chi connectivity index (χ4v) is 3.92. The molecule has 2 atom stereocenters. The molecular weight excluding hydrogens is 354 g/mol. The lowest BCUT2D eigenvalue weighted by molar-refractivity contribution is -0.125. The SMILES string of the molecule is CNC(=O)[C@@H]1C[C@@H](N)CN1Cc1c(-c2ccc(OC)cc2)nc2ccccn12. The van der Waals surface area contributed by atoms with Gasteiger partial charge in [-0.15, -0.1) is 0 Å². The van der Waals surface area contributed by atoms with Crippen LogP contribution in [0.25, 0.3) is 16.9 Å². The predicted octanol–water partition coefficient (Wildman–Crippen LogP) is 1.66. The van der Waals surface area contributed by atoms with Gasteiger partial charge in [0.05, 0.1) is 24.5 Å². The lowest BCUT2D eigenvalue weighted by Crippen LogP contribution is -2.41. The number of hydrogen-bond acceptors (Lipinski definition) is 5. The number of nitrogens with one attached hydrogen (secondary N) is 1. The summed E-state index contributed by atoms with van der Waals surface area (Å²) in [6.07, 6.45) is 2.67. The van der Waals surface area contributed by atoms with Crippen LogP contribution >= 0.6 is 0 Å². The van der Waals surface area contributed by atoms with Gasteiger partial charge in [0.15, 0.2) is 0 Å². The summed E-state index contributed by atoms with van der Waals surface area (Å²) in [5, 5.41) is 2.76. The van der Waals surface area contributed by atoms with Gasteiger partial charge in [0.1, 0.15) is 11.4 Å². The van der Waals surface area contributed by atoms with E-state index in [1.165, 1.54) is 0 Å². The largest absolute Gasteiger partial charge is 0.497 e. The summed E-state index contributed by atoms with van der Waals surface area (Å²) in [6.45, 7) is 1.28. The Morgan fingerprint density at radius 3 is 2.79 bits per heavy atom. The summed E-state index contributed by atoms with van der Waals surface area (Å²) in [7, 11) is 3.32. The Morgan fingerprint density at radius 1 is 1.29 bits per heavy atom. The Morgan fingerprint density at radius 2 is 2.07 bits per heavy atom. The number of hydrogen-bond donors (Lipinski definition) is 2. The normalized spacial score (nSPS) is 19.8. The highest BCUT2D eigenvalue weighted by Crippen LogP contribution is 2.29. The molecule has 0 radical (unpaired) electrons. The van der Waals surface area contributed by atoms with Gasteiger partial charge >= 0.3 is 0 Å². The molecule has 7 heteroatoms. The third-order valence-corrected chi connectivity index (χ3v) is 5.33. The van der Waals surface area contributed by atoms with Crippen molar-refractivity contribution < 1.29 is 9.53 Å². The summed E-state index contributed by atoms with van der Waals surface area (Å²) >= 11 is 0. The van der Waals surface area contributed by atoms with Crippen LogP contribution < -0.4 is 15.8 Å². The molecule has 7 nitrogen and oxygen atoms in total. The molecule has 1 saturated heterocycles. The van der Waals surface area contributed by atoms with Gasteiger partial charge in [-0.05, 0) is 42.8 Å². The summed E-state index contributed by atoms with van der Waals surface area (Å²) in [5.41, 5.74) is 10.0. The van der Waals surface area contributed by atoms with E-state index in [0.717, 1.165) is 28.3 Å². The van der Waals surface area contributed by atoms with Crippen LogP contribution in [0.3, 0.4) is 0 Å². The highest BCUT2D eigenvalue weighted by Gasteiger charge is 2.35. The molecular formula is C21H25N5O2. The molecule has 1 fully saturated rings. The number of imidazole rings is 1. The van der Waals surface area contributed by atoms with Crippen molar-refractivity contribution in [2.45, 2.75) is 25.0 Å². The van der Waals surface area contributed by atoms with Crippen LogP contribution in [0, 0.1) is 0 Å². The summed E-state index contributed by atoms with van der Waals surface area (Å²) < 4.78 is 7.36. The number of rotatable bonds is 5. The number of likely N-dealkylation sites (N-methyl/N-ethyl adjacent to an activating group) is 1. The molecule has 28 heavy (non-hydrogen) atoms. The minimum atomic E-state index is -0.224. The van der Waals surface area contributed by atoms with Crippen LogP contribution in [0.5, 0.6) is 5.75 Å². The van der Waals surface area contributed by atoms with Crippen molar-refractivity contribution in [3.05, 3.63) is 54.4 Å². The zero-order chi connectivity index (χ0) is 19.7. The van der Waals surface area contributed by atoms with Crippen molar-refractivity contribution in [3.63, 3.8) is 0 Å². The zero-order valence-corrected chi connectivity index (χ0v) is 16.1. The first-order valence-corrected chi connectivity index (χ1v) is 9.42. The smallest absolute Gasteiger partial charge is 0.237 e. The van der Waals surface area contributed by atoms with Crippen molar-refractivity contribution in [1.82, 2.24) is 19.6 Å². The Kier molecular flexibility index (Phi) is 5.02. The Bertz CT molecular complexity index is 982. The number of carbonyl (C=O) groups is 1. The van der Waals surface area contributed by atoms with E-state index in [9.17, 15) is 4.79 Å². The molecule has 1 amide bonds. The van der Waals surface area contributed by atoms with E-state index in [2.05, 4.69) is 14.6 Å². The zero-order valence-electron chi connectivity index (χ0n) is 16.1. The van der Waals surface area contributed by atoms with E-state index in [1.807, 2.05) is 48.7 Å². The number of methoxy groups -OCH3 is 1. The number of benzene rings is 1. The number of likely N-dealkylation sites (tertiary alicyclic amines) is 1. The maximum Gasteiger partial charge on any atom is 0.237 e. The number of ether oxygens (including phenoxy) is 1. The van der Waals surface area contributed by atoms with Crippen molar-refractivity contribution in [2.75, 3.05) is 20.7 Å². The van der Waals surface area contributed by atoms with Crippen LogP contribution in [-0.2, 0) is 11.3 Å². The fraction of sp³-hybridized carbons (Fsp3) is 0.333. The lowest BCUT2D eigenvalue weighted by Gasteiger charge is -2.23. The summed E-state index contributed by atoms with van der Waals surface area (Å²) in [4.78, 5) is 19.3. The van der Waals surface area contributed by atoms with Gasteiger partial charge in [-0.1, -0.05) is 6.07 Å². The minimum Gasteiger partial charge on any atom is -0.497 e. The van der Waals surface area contributed by atoms with Crippen molar-refractivity contribution in [1.29, 1.82) is 0 Å². The minimum absolute atomic E-state index is 0.00719. The average molecular weight is 379 g/mol. The summed E-state index contributed by atoms with van der Waals surface area (Å²) in [6, 6.07) is 13.6. The number of amides is 1. The van der Waals surface area contributed by atoms with Gasteiger partial charge in [-0.3, -0.25) is 9.69 Å². The first-order chi connectivity index (χ1) is 13.6. The second-order valence-electron chi connectivity index (χ2n) is 7.12. The molecule has 0 bridgehead atoms. The number of aromatic nitrogens is 2. The van der Waals surface area contributed by atoms with E-state index >= 15 is 0 Å². The molecule has 3 N–H and O–H groups in total. The predicted molar refractivity (Wildman–Crippen MR) is 108 cm³/mol. The van der Waals surface area contributed by atoms with Gasteiger partial charge in [0, 0.05) is 37.9 Å². The molecule has 4 rings (SSSR count). The highest BCUT2D eigenvalue weighted by molar-refractivity contribution is 5.82. The molecule has 0 aliphatic carbocycles. The standard InChI is InChI=1S/C21H25N5O2/c1-23-21(27)17-11-15(22)12-25(17)13-18-20(14-6-8-16(28-2)9-7-14)24-19-5-3-4-10-26(18)19/h3-10,15,17H,11-13,22H2,1-2H3,(H,23,27)/t15-,17+/m1/s1. The highest BCUT2D eigenvalue weighted by atomic mass is 16.5. The first-order valence-electron chi connectivity index (χ1n) is 9.42. The monoisotopic (exact) mass is 379 g/mol. The second-order valence-corrected chi connectivity index (χ2v) is 7.12. The number of fused-ring (bicyclic) bond motifs is 1.